The van der Waals surface area contributed by atoms with Crippen molar-refractivity contribution in [1.82, 2.24) is 0 Å². The summed E-state index contributed by atoms with van der Waals surface area (Å²) >= 11 is 0. The maximum atomic E-state index is 12.9. The summed E-state index contributed by atoms with van der Waals surface area (Å²) in [5, 5.41) is 25.6. The predicted molar refractivity (Wildman–Crippen MR) is 106 cm³/mol. The Balaban J connectivity index is 1.92. The molecule has 1 N–H and O–H groups in total. The highest BCUT2D eigenvalue weighted by Crippen LogP contribution is 2.28. The van der Waals surface area contributed by atoms with Gasteiger partial charge in [0.25, 0.3) is 11.6 Å². The number of nitro groups is 1. The molecule has 0 aliphatic rings. The molecule has 0 fully saturated rings. The summed E-state index contributed by atoms with van der Waals surface area (Å²) in [7, 11) is 0. The lowest BCUT2D eigenvalue weighted by atomic mass is 10.1. The van der Waals surface area contributed by atoms with Crippen LogP contribution in [0.25, 0.3) is 0 Å². The number of carbonyl (C=O) groups is 2. The number of carbonyl (C=O) groups excluding carboxylic acids is 2. The van der Waals surface area contributed by atoms with Gasteiger partial charge in [0.15, 0.2) is 6.20 Å². The Morgan fingerprint density at radius 3 is 2.43 bits per heavy atom. The topological polar surface area (TPSA) is 125 Å². The number of aryl methyl sites for hydroxylation is 1. The zero-order valence-electron chi connectivity index (χ0n) is 15.8. The molecule has 30 heavy (non-hydrogen) atoms. The molecule has 1 aromatic heterocycles. The van der Waals surface area contributed by atoms with Crippen molar-refractivity contribution in [2.45, 2.75) is 13.0 Å². The highest BCUT2D eigenvalue weighted by atomic mass is 16.6. The highest BCUT2D eigenvalue weighted by molar-refractivity contribution is 5.98. The number of benzene rings is 2. The third-order valence-corrected chi connectivity index (χ3v) is 4.21. The van der Waals surface area contributed by atoms with Crippen molar-refractivity contribution < 1.29 is 24.0 Å². The molecule has 3 aromatic rings. The number of nitrogens with zero attached hydrogens (tertiary/aromatic N) is 2. The molecular formula is C21H17N3O6. The molecule has 1 heterocycles. The molecule has 0 bridgehead atoms. The van der Waals surface area contributed by atoms with Gasteiger partial charge >= 0.3 is 11.7 Å². The first-order valence-corrected chi connectivity index (χ1v) is 8.87. The van der Waals surface area contributed by atoms with Gasteiger partial charge in [0, 0.05) is 23.8 Å². The quantitative estimate of drug-likeness (QED) is 0.220. The molecule has 1 amide bonds. The van der Waals surface area contributed by atoms with Crippen molar-refractivity contribution in [2.75, 3.05) is 5.32 Å². The number of esters is 1. The van der Waals surface area contributed by atoms with Gasteiger partial charge in [-0.2, -0.15) is 4.73 Å². The van der Waals surface area contributed by atoms with Gasteiger partial charge in [0.2, 0.25) is 6.10 Å². The summed E-state index contributed by atoms with van der Waals surface area (Å²) in [5.41, 5.74) is 0.363. The van der Waals surface area contributed by atoms with Crippen LogP contribution in [0.4, 0.5) is 11.4 Å². The second kappa shape index (κ2) is 8.82. The Labute approximate surface area is 171 Å². The van der Waals surface area contributed by atoms with Gasteiger partial charge in [0.05, 0.1) is 4.92 Å². The molecule has 2 aromatic carbocycles. The molecule has 9 heteroatoms. The van der Waals surface area contributed by atoms with Crippen LogP contribution in [0.1, 0.15) is 27.7 Å². The summed E-state index contributed by atoms with van der Waals surface area (Å²) < 4.78 is 5.65. The second-order valence-corrected chi connectivity index (χ2v) is 6.37. The van der Waals surface area contributed by atoms with Gasteiger partial charge in [-0.15, -0.1) is 0 Å². The van der Waals surface area contributed by atoms with Crippen LogP contribution < -0.4 is 10.0 Å². The van der Waals surface area contributed by atoms with Gasteiger partial charge in [-0.25, -0.2) is 4.79 Å². The summed E-state index contributed by atoms with van der Waals surface area (Å²) in [4.78, 5) is 36.1. The predicted octanol–water partition coefficient (Wildman–Crippen LogP) is 3.07. The fourth-order valence-corrected chi connectivity index (χ4v) is 2.75. The first-order chi connectivity index (χ1) is 14.4. The van der Waals surface area contributed by atoms with Crippen LogP contribution in [0.2, 0.25) is 0 Å². The average Bonchev–Trinajstić information content (AvgIpc) is 2.73. The van der Waals surface area contributed by atoms with E-state index in [1.165, 1.54) is 30.3 Å². The van der Waals surface area contributed by atoms with Crippen molar-refractivity contribution in [3.63, 3.8) is 0 Å². The Bertz CT molecular complexity index is 1100. The standard InChI is InChI=1S/C21H17N3O6/c1-14-10-11-16(18(13-14)24(28)29)22-20(25)19(15-7-3-2-4-8-15)30-21(26)17-9-5-6-12-23(17)27/h2-13,19H,1H3,(H,22,25)/t19-/m0/s1. The largest absolute Gasteiger partial charge is 0.618 e. The lowest BCUT2D eigenvalue weighted by Gasteiger charge is -2.18. The van der Waals surface area contributed by atoms with E-state index in [-0.39, 0.29) is 17.1 Å². The number of nitrogens with one attached hydrogen (secondary N) is 1. The van der Waals surface area contributed by atoms with Crippen LogP contribution in [0.15, 0.2) is 72.9 Å². The zero-order valence-corrected chi connectivity index (χ0v) is 15.8. The molecule has 3 rings (SSSR count). The Morgan fingerprint density at radius 2 is 1.77 bits per heavy atom. The third kappa shape index (κ3) is 4.58. The fraction of sp³-hybridized carbons (Fsp3) is 0.0952. The molecule has 0 aliphatic heterocycles. The van der Waals surface area contributed by atoms with Crippen LogP contribution in [-0.2, 0) is 9.53 Å². The number of ether oxygens (including phenoxy) is 1. The number of amides is 1. The Kier molecular flexibility index (Phi) is 6.02. The van der Waals surface area contributed by atoms with Gasteiger partial charge < -0.3 is 15.3 Å². The lowest BCUT2D eigenvalue weighted by molar-refractivity contribution is -0.608. The number of hydrogen-bond donors (Lipinski definition) is 1. The molecule has 0 saturated heterocycles. The number of pyridine rings is 1. The minimum atomic E-state index is -1.43. The first kappa shape index (κ1) is 20.5. The SMILES string of the molecule is Cc1ccc(NC(=O)[C@@H](OC(=O)c2cccc[n+]2[O-])c2ccccc2)c([N+](=O)[O-])c1. The monoisotopic (exact) mass is 407 g/mol. The van der Waals surface area contributed by atoms with E-state index >= 15 is 0 Å². The maximum absolute atomic E-state index is 12.9. The van der Waals surface area contributed by atoms with Crippen molar-refractivity contribution in [1.29, 1.82) is 0 Å². The number of anilines is 1. The Hall–Kier alpha value is -4.27. The molecule has 0 spiro atoms. The van der Waals surface area contributed by atoms with Crippen LogP contribution in [0.3, 0.4) is 0 Å². The highest BCUT2D eigenvalue weighted by Gasteiger charge is 2.30. The molecule has 0 saturated carbocycles. The molecule has 0 radical (unpaired) electrons. The van der Waals surface area contributed by atoms with Gasteiger partial charge in [-0.05, 0) is 24.6 Å². The molecule has 1 atom stereocenters. The average molecular weight is 407 g/mol. The zero-order chi connectivity index (χ0) is 21.7. The van der Waals surface area contributed by atoms with E-state index < -0.39 is 22.9 Å². The van der Waals surface area contributed by atoms with Crippen molar-refractivity contribution in [3.05, 3.63) is 105 Å². The second-order valence-electron chi connectivity index (χ2n) is 6.37. The molecule has 9 nitrogen and oxygen atoms in total. The van der Waals surface area contributed by atoms with Gasteiger partial charge in [-0.3, -0.25) is 14.9 Å². The van der Waals surface area contributed by atoms with Crippen molar-refractivity contribution in [2.24, 2.45) is 0 Å². The Morgan fingerprint density at radius 1 is 1.07 bits per heavy atom. The third-order valence-electron chi connectivity index (χ3n) is 4.21. The normalized spacial score (nSPS) is 11.4. The number of nitro benzene ring substituents is 1. The van der Waals surface area contributed by atoms with Crippen molar-refractivity contribution in [3.8, 4) is 0 Å². The minimum Gasteiger partial charge on any atom is -0.618 e. The molecule has 152 valence electrons. The van der Waals surface area contributed by atoms with E-state index in [0.717, 1.165) is 6.20 Å². The minimum absolute atomic E-state index is 0.0359. The van der Waals surface area contributed by atoms with E-state index in [0.29, 0.717) is 15.9 Å². The maximum Gasteiger partial charge on any atom is 0.406 e. The van der Waals surface area contributed by atoms with Gasteiger partial charge in [0.1, 0.15) is 5.69 Å². The smallest absolute Gasteiger partial charge is 0.406 e. The van der Waals surface area contributed by atoms with Crippen LogP contribution in [0, 0.1) is 22.2 Å². The van der Waals surface area contributed by atoms with E-state index in [4.69, 9.17) is 4.74 Å². The molecule has 0 aliphatic carbocycles. The van der Waals surface area contributed by atoms with E-state index in [9.17, 15) is 24.9 Å². The molecular weight excluding hydrogens is 390 g/mol. The summed E-state index contributed by atoms with van der Waals surface area (Å²) in [6.07, 6.45) is -0.302. The fourth-order valence-electron chi connectivity index (χ4n) is 2.75. The van der Waals surface area contributed by atoms with Crippen LogP contribution in [0.5, 0.6) is 0 Å². The van der Waals surface area contributed by atoms with Gasteiger partial charge in [-0.1, -0.05) is 36.4 Å². The summed E-state index contributed by atoms with van der Waals surface area (Å²) in [5.74, 6) is -1.80. The summed E-state index contributed by atoms with van der Waals surface area (Å²) in [6.45, 7) is 1.69. The van der Waals surface area contributed by atoms with E-state index in [1.807, 2.05) is 0 Å². The summed E-state index contributed by atoms with van der Waals surface area (Å²) in [6, 6.07) is 16.7. The van der Waals surface area contributed by atoms with E-state index in [2.05, 4.69) is 5.32 Å². The lowest BCUT2D eigenvalue weighted by Crippen LogP contribution is -2.36. The van der Waals surface area contributed by atoms with Crippen LogP contribution in [-0.4, -0.2) is 16.8 Å². The number of aromatic nitrogens is 1. The molecule has 0 unspecified atom stereocenters. The van der Waals surface area contributed by atoms with Crippen molar-refractivity contribution >= 4 is 23.3 Å². The number of rotatable bonds is 6. The first-order valence-electron chi connectivity index (χ1n) is 8.87. The number of hydrogen-bond acceptors (Lipinski definition) is 6. The van der Waals surface area contributed by atoms with E-state index in [1.54, 1.807) is 43.3 Å². The van der Waals surface area contributed by atoms with Crippen LogP contribution >= 0.6 is 0 Å².